The topological polar surface area (TPSA) is 93.7 Å². The van der Waals surface area contributed by atoms with Gasteiger partial charge in [-0.25, -0.2) is 0 Å². The lowest BCUT2D eigenvalue weighted by atomic mass is 10.1. The molecule has 2 aromatic rings. The molecule has 2 aromatic carbocycles. The number of carbonyl (C=O) groups is 3. The Kier molecular flexibility index (Phi) is 7.81. The number of carbonyl (C=O) groups excluding carboxylic acids is 3. The number of benzene rings is 2. The van der Waals surface area contributed by atoms with E-state index in [4.69, 9.17) is 9.47 Å². The van der Waals surface area contributed by atoms with Crippen molar-refractivity contribution >= 4 is 29.2 Å². The number of amides is 2. The van der Waals surface area contributed by atoms with E-state index in [1.165, 1.54) is 0 Å². The standard InChI is InChI=1S/C24H26N2O5/c1-2-30-21-13-11-20(12-14-21)26-24(29)18-7-9-19(10-8-18)25-22(27)16-31-23(28)15-17-5-3-4-6-17/h3,5,7-14,17H,2,4,6,15-16H2,1H3,(H,25,27)(H,26,29)/t17-/m0/s1. The first-order chi connectivity index (χ1) is 15.0. The van der Waals surface area contributed by atoms with Gasteiger partial charge < -0.3 is 20.1 Å². The Morgan fingerprint density at radius 3 is 2.29 bits per heavy atom. The molecule has 3 rings (SSSR count). The van der Waals surface area contributed by atoms with Crippen LogP contribution in [0.15, 0.2) is 60.7 Å². The van der Waals surface area contributed by atoms with E-state index >= 15 is 0 Å². The lowest BCUT2D eigenvalue weighted by Gasteiger charge is -2.10. The van der Waals surface area contributed by atoms with Gasteiger partial charge in [0, 0.05) is 16.9 Å². The zero-order valence-corrected chi connectivity index (χ0v) is 17.4. The van der Waals surface area contributed by atoms with Gasteiger partial charge in [-0.15, -0.1) is 0 Å². The summed E-state index contributed by atoms with van der Waals surface area (Å²) in [5.74, 6) is -0.134. The summed E-state index contributed by atoms with van der Waals surface area (Å²) in [6.45, 7) is 2.15. The van der Waals surface area contributed by atoms with Gasteiger partial charge in [-0.2, -0.15) is 0 Å². The first-order valence-electron chi connectivity index (χ1n) is 10.3. The third-order valence-electron chi connectivity index (χ3n) is 4.76. The van der Waals surface area contributed by atoms with Crippen molar-refractivity contribution < 1.29 is 23.9 Å². The molecule has 31 heavy (non-hydrogen) atoms. The van der Waals surface area contributed by atoms with Crippen LogP contribution in [0.25, 0.3) is 0 Å². The monoisotopic (exact) mass is 422 g/mol. The third kappa shape index (κ3) is 6.99. The number of ether oxygens (including phenoxy) is 2. The molecule has 1 atom stereocenters. The van der Waals surface area contributed by atoms with Gasteiger partial charge >= 0.3 is 5.97 Å². The molecule has 0 fully saturated rings. The molecule has 0 spiro atoms. The number of anilines is 2. The van der Waals surface area contributed by atoms with Crippen LogP contribution in [0.1, 0.15) is 36.5 Å². The van der Waals surface area contributed by atoms with Gasteiger partial charge in [0.15, 0.2) is 6.61 Å². The van der Waals surface area contributed by atoms with Crippen molar-refractivity contribution in [3.8, 4) is 5.75 Å². The fraction of sp³-hybridized carbons (Fsp3) is 0.292. The Labute approximate surface area is 181 Å². The minimum atomic E-state index is -0.429. The van der Waals surface area contributed by atoms with Gasteiger partial charge in [-0.1, -0.05) is 12.2 Å². The Morgan fingerprint density at radius 2 is 1.65 bits per heavy atom. The van der Waals surface area contributed by atoms with Gasteiger partial charge in [-0.05, 0) is 74.2 Å². The van der Waals surface area contributed by atoms with E-state index < -0.39 is 5.91 Å². The van der Waals surface area contributed by atoms with Crippen LogP contribution in [0.4, 0.5) is 11.4 Å². The van der Waals surface area contributed by atoms with E-state index in [1.807, 2.05) is 19.1 Å². The van der Waals surface area contributed by atoms with E-state index in [2.05, 4.69) is 10.6 Å². The molecule has 2 amide bonds. The fourth-order valence-corrected chi connectivity index (χ4v) is 3.19. The number of rotatable bonds is 9. The predicted molar refractivity (Wildman–Crippen MR) is 118 cm³/mol. The van der Waals surface area contributed by atoms with Crippen LogP contribution in [0.2, 0.25) is 0 Å². The quantitative estimate of drug-likeness (QED) is 0.467. The predicted octanol–water partition coefficient (Wildman–Crippen LogP) is 4.18. The molecular weight excluding hydrogens is 396 g/mol. The maximum atomic E-state index is 12.4. The Bertz CT molecular complexity index is 935. The number of hydrogen-bond acceptors (Lipinski definition) is 5. The number of allylic oxidation sites excluding steroid dienone is 2. The van der Waals surface area contributed by atoms with E-state index in [-0.39, 0.29) is 24.4 Å². The van der Waals surface area contributed by atoms with E-state index in [0.717, 1.165) is 18.6 Å². The molecule has 0 saturated heterocycles. The maximum Gasteiger partial charge on any atom is 0.306 e. The summed E-state index contributed by atoms with van der Waals surface area (Å²) in [4.78, 5) is 36.2. The summed E-state index contributed by atoms with van der Waals surface area (Å²) >= 11 is 0. The second-order valence-corrected chi connectivity index (χ2v) is 7.17. The Hall–Kier alpha value is -3.61. The van der Waals surface area contributed by atoms with Crippen LogP contribution in [0, 0.1) is 5.92 Å². The zero-order valence-electron chi connectivity index (χ0n) is 17.4. The van der Waals surface area contributed by atoms with Crippen LogP contribution in [-0.2, 0) is 14.3 Å². The molecule has 0 aromatic heterocycles. The average molecular weight is 422 g/mol. The molecule has 0 radical (unpaired) electrons. The molecule has 1 aliphatic carbocycles. The van der Waals surface area contributed by atoms with Crippen LogP contribution < -0.4 is 15.4 Å². The fourth-order valence-electron chi connectivity index (χ4n) is 3.19. The molecule has 0 bridgehead atoms. The van der Waals surface area contributed by atoms with Gasteiger partial charge in [-0.3, -0.25) is 14.4 Å². The van der Waals surface area contributed by atoms with Crippen molar-refractivity contribution in [2.24, 2.45) is 5.92 Å². The van der Waals surface area contributed by atoms with Gasteiger partial charge in [0.25, 0.3) is 11.8 Å². The van der Waals surface area contributed by atoms with Crippen LogP contribution in [0.5, 0.6) is 5.75 Å². The molecule has 7 nitrogen and oxygen atoms in total. The second kappa shape index (κ2) is 11.0. The highest BCUT2D eigenvalue weighted by molar-refractivity contribution is 6.04. The number of hydrogen-bond donors (Lipinski definition) is 2. The zero-order chi connectivity index (χ0) is 22.1. The van der Waals surface area contributed by atoms with Crippen molar-refractivity contribution in [3.05, 3.63) is 66.2 Å². The van der Waals surface area contributed by atoms with Gasteiger partial charge in [0.1, 0.15) is 5.75 Å². The number of nitrogens with one attached hydrogen (secondary N) is 2. The molecule has 0 aliphatic heterocycles. The molecule has 1 aliphatic rings. The van der Waals surface area contributed by atoms with Crippen molar-refractivity contribution in [1.82, 2.24) is 0 Å². The smallest absolute Gasteiger partial charge is 0.306 e. The molecule has 7 heteroatoms. The maximum absolute atomic E-state index is 12.4. The summed E-state index contributed by atoms with van der Waals surface area (Å²) in [7, 11) is 0. The Balaban J connectivity index is 1.44. The minimum absolute atomic E-state index is 0.205. The summed E-state index contributed by atoms with van der Waals surface area (Å²) in [5.41, 5.74) is 1.61. The lowest BCUT2D eigenvalue weighted by Crippen LogP contribution is -2.21. The van der Waals surface area contributed by atoms with E-state index in [0.29, 0.717) is 30.0 Å². The average Bonchev–Trinajstić information content (AvgIpc) is 3.27. The summed E-state index contributed by atoms with van der Waals surface area (Å²) < 4.78 is 10.4. The van der Waals surface area contributed by atoms with Gasteiger partial charge in [0.2, 0.25) is 0 Å². The highest BCUT2D eigenvalue weighted by Gasteiger charge is 2.16. The molecular formula is C24H26N2O5. The normalized spacial score (nSPS) is 14.7. The van der Waals surface area contributed by atoms with Crippen molar-refractivity contribution in [2.45, 2.75) is 26.2 Å². The highest BCUT2D eigenvalue weighted by Crippen LogP contribution is 2.21. The van der Waals surface area contributed by atoms with E-state index in [1.54, 1.807) is 48.5 Å². The molecule has 0 heterocycles. The van der Waals surface area contributed by atoms with Crippen LogP contribution in [-0.4, -0.2) is 31.0 Å². The largest absolute Gasteiger partial charge is 0.494 e. The lowest BCUT2D eigenvalue weighted by molar-refractivity contribution is -0.147. The molecule has 2 N–H and O–H groups in total. The molecule has 0 saturated carbocycles. The first kappa shape index (κ1) is 22.1. The SMILES string of the molecule is CCOc1ccc(NC(=O)c2ccc(NC(=O)COC(=O)C[C@H]3C=CCC3)cc2)cc1. The molecule has 0 unspecified atom stereocenters. The van der Waals surface area contributed by atoms with Crippen molar-refractivity contribution in [1.29, 1.82) is 0 Å². The van der Waals surface area contributed by atoms with Crippen LogP contribution in [0.3, 0.4) is 0 Å². The van der Waals surface area contributed by atoms with Crippen LogP contribution >= 0.6 is 0 Å². The van der Waals surface area contributed by atoms with E-state index in [9.17, 15) is 14.4 Å². The first-order valence-corrected chi connectivity index (χ1v) is 10.3. The second-order valence-electron chi connectivity index (χ2n) is 7.17. The van der Waals surface area contributed by atoms with Crippen molar-refractivity contribution in [3.63, 3.8) is 0 Å². The third-order valence-corrected chi connectivity index (χ3v) is 4.76. The minimum Gasteiger partial charge on any atom is -0.494 e. The summed E-state index contributed by atoms with van der Waals surface area (Å²) in [6, 6.07) is 13.6. The summed E-state index contributed by atoms with van der Waals surface area (Å²) in [5, 5.41) is 5.46. The highest BCUT2D eigenvalue weighted by atomic mass is 16.5. The Morgan fingerprint density at radius 1 is 0.968 bits per heavy atom. The summed E-state index contributed by atoms with van der Waals surface area (Å²) in [6.07, 6.45) is 6.27. The molecule has 162 valence electrons. The van der Waals surface area contributed by atoms with Gasteiger partial charge in [0.05, 0.1) is 13.0 Å². The van der Waals surface area contributed by atoms with Crippen molar-refractivity contribution in [2.75, 3.05) is 23.8 Å². The number of esters is 1.